The van der Waals surface area contributed by atoms with Crippen LogP contribution in [0.4, 0.5) is 0 Å². The van der Waals surface area contributed by atoms with Gasteiger partial charge in [-0.1, -0.05) is 29.3 Å². The summed E-state index contributed by atoms with van der Waals surface area (Å²) in [5.41, 5.74) is 1.12. The maximum Gasteiger partial charge on any atom is 0.0465 e. The molecule has 0 amide bonds. The van der Waals surface area contributed by atoms with Crippen molar-refractivity contribution < 1.29 is 0 Å². The van der Waals surface area contributed by atoms with Gasteiger partial charge < -0.3 is 10.6 Å². The first kappa shape index (κ1) is 16.1. The normalized spacial score (nSPS) is 16.3. The van der Waals surface area contributed by atoms with E-state index in [9.17, 15) is 0 Å². The summed E-state index contributed by atoms with van der Waals surface area (Å²) >= 11 is 12.0. The molecule has 1 aromatic rings. The van der Waals surface area contributed by atoms with Crippen LogP contribution in [0.25, 0.3) is 0 Å². The van der Waals surface area contributed by atoms with E-state index < -0.39 is 0 Å². The molecular weight excluding hydrogens is 291 g/mol. The molecule has 0 spiro atoms. The summed E-state index contributed by atoms with van der Waals surface area (Å²) in [7, 11) is 0. The Balaban J connectivity index is 0.00000162. The third kappa shape index (κ3) is 4.94. The fraction of sp³-hybridized carbons (Fsp3) is 0.538. The minimum Gasteiger partial charge on any atom is -0.317 e. The van der Waals surface area contributed by atoms with Gasteiger partial charge >= 0.3 is 0 Å². The van der Waals surface area contributed by atoms with Crippen molar-refractivity contribution in [1.29, 1.82) is 0 Å². The molecule has 1 saturated heterocycles. The predicted octanol–water partition coefficient (Wildman–Crippen LogP) is 3.50. The molecule has 0 aromatic heterocycles. The van der Waals surface area contributed by atoms with Gasteiger partial charge in [0.1, 0.15) is 0 Å². The van der Waals surface area contributed by atoms with E-state index in [1.807, 2.05) is 12.1 Å². The van der Waals surface area contributed by atoms with E-state index >= 15 is 0 Å². The van der Waals surface area contributed by atoms with Gasteiger partial charge in [-0.2, -0.15) is 0 Å². The average Bonchev–Trinajstić information content (AvgIpc) is 2.33. The van der Waals surface area contributed by atoms with Gasteiger partial charge in [0.25, 0.3) is 0 Å². The molecule has 2 N–H and O–H groups in total. The molecule has 1 heterocycles. The first-order valence-electron chi connectivity index (χ1n) is 6.11. The van der Waals surface area contributed by atoms with Crippen molar-refractivity contribution in [2.75, 3.05) is 19.6 Å². The maximum atomic E-state index is 6.12. The number of rotatable bonds is 4. The van der Waals surface area contributed by atoms with E-state index in [1.54, 1.807) is 6.07 Å². The first-order chi connectivity index (χ1) is 8.25. The minimum absolute atomic E-state index is 0. The molecule has 102 valence electrons. The zero-order valence-corrected chi connectivity index (χ0v) is 12.5. The highest BCUT2D eigenvalue weighted by Crippen LogP contribution is 2.21. The van der Waals surface area contributed by atoms with Gasteiger partial charge in [0, 0.05) is 16.6 Å². The Morgan fingerprint density at radius 1 is 1.22 bits per heavy atom. The summed E-state index contributed by atoms with van der Waals surface area (Å²) in [5.74, 6) is 0.794. The van der Waals surface area contributed by atoms with Crippen LogP contribution in [0, 0.1) is 5.92 Å². The molecule has 0 bridgehead atoms. The van der Waals surface area contributed by atoms with Gasteiger partial charge in [-0.3, -0.25) is 0 Å². The summed E-state index contributed by atoms with van der Waals surface area (Å²) in [6.07, 6.45) is 2.53. The molecule has 1 aliphatic rings. The highest BCUT2D eigenvalue weighted by molar-refractivity contribution is 6.35. The molecule has 5 heteroatoms. The lowest BCUT2D eigenvalue weighted by Gasteiger charge is -2.22. The van der Waals surface area contributed by atoms with Gasteiger partial charge in [-0.05, 0) is 56.1 Å². The first-order valence-corrected chi connectivity index (χ1v) is 6.86. The monoisotopic (exact) mass is 308 g/mol. The number of hydrogen-bond donors (Lipinski definition) is 2. The Kier molecular flexibility index (Phi) is 7.35. The molecular formula is C13H19Cl3N2. The van der Waals surface area contributed by atoms with Gasteiger partial charge in [-0.25, -0.2) is 0 Å². The summed E-state index contributed by atoms with van der Waals surface area (Å²) in [5, 5.41) is 8.29. The van der Waals surface area contributed by atoms with Crippen LogP contribution >= 0.6 is 35.6 Å². The molecule has 0 atom stereocenters. The zero-order chi connectivity index (χ0) is 12.1. The second-order valence-corrected chi connectivity index (χ2v) is 5.40. The third-order valence-corrected chi connectivity index (χ3v) is 3.81. The van der Waals surface area contributed by atoms with Crippen molar-refractivity contribution >= 4 is 35.6 Å². The van der Waals surface area contributed by atoms with Gasteiger partial charge in [0.15, 0.2) is 0 Å². The maximum absolute atomic E-state index is 6.12. The zero-order valence-electron chi connectivity index (χ0n) is 10.2. The SMILES string of the molecule is Cl.Clc1ccc(CNCC2CCNCC2)c(Cl)c1. The molecule has 18 heavy (non-hydrogen) atoms. The van der Waals surface area contributed by atoms with Crippen molar-refractivity contribution in [3.63, 3.8) is 0 Å². The molecule has 2 nitrogen and oxygen atoms in total. The number of benzene rings is 1. The number of hydrogen-bond acceptors (Lipinski definition) is 2. The van der Waals surface area contributed by atoms with Gasteiger partial charge in [0.05, 0.1) is 0 Å². The van der Waals surface area contributed by atoms with Crippen LogP contribution in [0.2, 0.25) is 10.0 Å². The summed E-state index contributed by atoms with van der Waals surface area (Å²) in [6.45, 7) is 4.18. The van der Waals surface area contributed by atoms with Crippen molar-refractivity contribution in [1.82, 2.24) is 10.6 Å². The fourth-order valence-electron chi connectivity index (χ4n) is 2.16. The Hall–Kier alpha value is 0.01000. The van der Waals surface area contributed by atoms with Crippen LogP contribution in [-0.4, -0.2) is 19.6 Å². The van der Waals surface area contributed by atoms with Crippen LogP contribution in [0.1, 0.15) is 18.4 Å². The van der Waals surface area contributed by atoms with E-state index in [0.29, 0.717) is 5.02 Å². The Bertz CT molecular complexity index is 365. The lowest BCUT2D eigenvalue weighted by atomic mass is 9.98. The van der Waals surface area contributed by atoms with E-state index in [1.165, 1.54) is 12.8 Å². The minimum atomic E-state index is 0. The molecule has 1 aromatic carbocycles. The molecule has 0 aliphatic carbocycles. The average molecular weight is 310 g/mol. The van der Waals surface area contributed by atoms with Crippen LogP contribution in [0.3, 0.4) is 0 Å². The molecule has 0 unspecified atom stereocenters. The van der Waals surface area contributed by atoms with Crippen LogP contribution < -0.4 is 10.6 Å². The quantitative estimate of drug-likeness (QED) is 0.889. The van der Waals surface area contributed by atoms with E-state index in [-0.39, 0.29) is 12.4 Å². The fourth-order valence-corrected chi connectivity index (χ4v) is 2.64. The van der Waals surface area contributed by atoms with E-state index in [4.69, 9.17) is 23.2 Å². The molecule has 2 rings (SSSR count). The lowest BCUT2D eigenvalue weighted by Crippen LogP contribution is -2.33. The number of nitrogens with one attached hydrogen (secondary N) is 2. The van der Waals surface area contributed by atoms with Crippen LogP contribution in [0.15, 0.2) is 18.2 Å². The lowest BCUT2D eigenvalue weighted by molar-refractivity contribution is 0.356. The number of halogens is 3. The van der Waals surface area contributed by atoms with Crippen molar-refractivity contribution in [2.24, 2.45) is 5.92 Å². The van der Waals surface area contributed by atoms with E-state index in [2.05, 4.69) is 10.6 Å². The summed E-state index contributed by atoms with van der Waals surface area (Å²) < 4.78 is 0. The Morgan fingerprint density at radius 2 is 1.94 bits per heavy atom. The Labute approximate surface area is 125 Å². The van der Waals surface area contributed by atoms with Crippen LogP contribution in [-0.2, 0) is 6.54 Å². The van der Waals surface area contributed by atoms with Crippen molar-refractivity contribution in [3.05, 3.63) is 33.8 Å². The standard InChI is InChI=1S/C13H18Cl2N2.ClH/c14-12-2-1-11(13(15)7-12)9-17-8-10-3-5-16-6-4-10;/h1-2,7,10,16-17H,3-6,8-9H2;1H. The van der Waals surface area contributed by atoms with Crippen molar-refractivity contribution in [2.45, 2.75) is 19.4 Å². The molecule has 1 aliphatic heterocycles. The van der Waals surface area contributed by atoms with E-state index in [0.717, 1.165) is 42.7 Å². The highest BCUT2D eigenvalue weighted by atomic mass is 35.5. The summed E-state index contributed by atoms with van der Waals surface area (Å²) in [6, 6.07) is 5.67. The van der Waals surface area contributed by atoms with Crippen LogP contribution in [0.5, 0.6) is 0 Å². The molecule has 1 fully saturated rings. The second kappa shape index (κ2) is 8.23. The van der Waals surface area contributed by atoms with Gasteiger partial charge in [-0.15, -0.1) is 12.4 Å². The van der Waals surface area contributed by atoms with Crippen molar-refractivity contribution in [3.8, 4) is 0 Å². The molecule has 0 radical (unpaired) electrons. The Morgan fingerprint density at radius 3 is 2.61 bits per heavy atom. The topological polar surface area (TPSA) is 24.1 Å². The largest absolute Gasteiger partial charge is 0.317 e. The smallest absolute Gasteiger partial charge is 0.0465 e. The molecule has 0 saturated carbocycles. The third-order valence-electron chi connectivity index (χ3n) is 3.22. The highest BCUT2D eigenvalue weighted by Gasteiger charge is 2.12. The second-order valence-electron chi connectivity index (χ2n) is 4.56. The van der Waals surface area contributed by atoms with Gasteiger partial charge in [0.2, 0.25) is 0 Å². The number of piperidine rings is 1. The predicted molar refractivity (Wildman–Crippen MR) is 81.0 cm³/mol. The summed E-state index contributed by atoms with van der Waals surface area (Å²) in [4.78, 5) is 0.